The summed E-state index contributed by atoms with van der Waals surface area (Å²) in [5.74, 6) is -1.21. The molecular formula is C41H25NO4. The zero-order valence-corrected chi connectivity index (χ0v) is 24.6. The van der Waals surface area contributed by atoms with Crippen LogP contribution in [0.2, 0.25) is 0 Å². The smallest absolute Gasteiger partial charge is 0.357 e. The van der Waals surface area contributed by atoms with Crippen LogP contribution in [0.1, 0.15) is 32.1 Å². The van der Waals surface area contributed by atoms with Gasteiger partial charge in [-0.1, -0.05) is 115 Å². The molecule has 46 heavy (non-hydrogen) atoms. The minimum atomic E-state index is -0.605. The molecule has 0 aliphatic rings. The van der Waals surface area contributed by atoms with Crippen molar-refractivity contribution in [3.05, 3.63) is 150 Å². The number of nitrogens with zero attached hydrogens (tertiary/aromatic N) is 1. The molecule has 0 unspecified atom stereocenters. The number of hydrogen-bond donors (Lipinski definition) is 0. The van der Waals surface area contributed by atoms with Crippen LogP contribution in [0.5, 0.6) is 0 Å². The van der Waals surface area contributed by atoms with Gasteiger partial charge in [-0.2, -0.15) is 0 Å². The maximum absolute atomic E-state index is 13.1. The van der Waals surface area contributed by atoms with Crippen LogP contribution < -0.4 is 0 Å². The minimum absolute atomic E-state index is 0.0508. The molecule has 0 N–H and O–H groups in total. The average Bonchev–Trinajstić information content (AvgIpc) is 3.11. The largest absolute Gasteiger partial charge is 0.456 e. The number of aromatic nitrogens is 1. The van der Waals surface area contributed by atoms with Crippen LogP contribution in [0, 0.1) is 0 Å². The molecule has 0 aliphatic carbocycles. The van der Waals surface area contributed by atoms with Gasteiger partial charge in [0.2, 0.25) is 0 Å². The van der Waals surface area contributed by atoms with Gasteiger partial charge in [-0.05, 0) is 87.9 Å². The van der Waals surface area contributed by atoms with Crippen molar-refractivity contribution in [2.75, 3.05) is 0 Å². The van der Waals surface area contributed by atoms with E-state index in [-0.39, 0.29) is 24.6 Å². The summed E-state index contributed by atoms with van der Waals surface area (Å²) in [6.45, 7) is 0.163. The normalized spacial score (nSPS) is 11.8. The van der Waals surface area contributed by atoms with Crippen LogP contribution in [0.15, 0.2) is 127 Å². The maximum Gasteiger partial charge on any atom is 0.357 e. The second kappa shape index (κ2) is 10.2. The van der Waals surface area contributed by atoms with Crippen LogP contribution in [0.4, 0.5) is 0 Å². The van der Waals surface area contributed by atoms with Gasteiger partial charge < -0.3 is 9.47 Å². The van der Waals surface area contributed by atoms with Gasteiger partial charge >= 0.3 is 11.9 Å². The molecule has 0 saturated carbocycles. The van der Waals surface area contributed by atoms with Crippen molar-refractivity contribution in [1.29, 1.82) is 0 Å². The molecule has 0 radical (unpaired) electrons. The SMILES string of the molecule is O=C(OCc1ccc2ccc3cccc4ccc1c2c34)c1cccc(C(=O)OCc2ccc3ccc4cccc5ccc2c3c45)n1. The van der Waals surface area contributed by atoms with E-state index in [9.17, 15) is 9.59 Å². The summed E-state index contributed by atoms with van der Waals surface area (Å²) >= 11 is 0. The number of hydrogen-bond acceptors (Lipinski definition) is 5. The highest BCUT2D eigenvalue weighted by molar-refractivity contribution is 6.24. The molecule has 0 amide bonds. The Morgan fingerprint density at radius 3 is 1.20 bits per heavy atom. The fourth-order valence-electron chi connectivity index (χ4n) is 6.94. The summed E-state index contributed by atoms with van der Waals surface area (Å²) < 4.78 is 11.4. The first-order chi connectivity index (χ1) is 22.6. The molecule has 8 aromatic carbocycles. The van der Waals surface area contributed by atoms with E-state index in [1.54, 1.807) is 18.2 Å². The van der Waals surface area contributed by atoms with Crippen LogP contribution in [-0.2, 0) is 22.7 Å². The Bertz CT molecular complexity index is 2430. The van der Waals surface area contributed by atoms with Crippen molar-refractivity contribution < 1.29 is 19.1 Å². The van der Waals surface area contributed by atoms with Crippen LogP contribution >= 0.6 is 0 Å². The Morgan fingerprint density at radius 1 is 0.413 bits per heavy atom. The third-order valence-electron chi connectivity index (χ3n) is 9.12. The minimum Gasteiger partial charge on any atom is -0.456 e. The summed E-state index contributed by atoms with van der Waals surface area (Å²) in [5, 5.41) is 13.8. The first-order valence-corrected chi connectivity index (χ1v) is 15.2. The lowest BCUT2D eigenvalue weighted by Crippen LogP contribution is -2.13. The molecule has 5 heteroatoms. The van der Waals surface area contributed by atoms with Crippen molar-refractivity contribution >= 4 is 76.6 Å². The van der Waals surface area contributed by atoms with E-state index < -0.39 is 11.9 Å². The molecule has 0 saturated heterocycles. The van der Waals surface area contributed by atoms with Gasteiger partial charge in [-0.3, -0.25) is 0 Å². The topological polar surface area (TPSA) is 65.5 Å². The lowest BCUT2D eigenvalue weighted by atomic mass is 9.92. The number of ether oxygens (including phenoxy) is 2. The molecule has 218 valence electrons. The highest BCUT2D eigenvalue weighted by Crippen LogP contribution is 2.37. The molecule has 5 nitrogen and oxygen atoms in total. The van der Waals surface area contributed by atoms with E-state index in [1.807, 2.05) is 12.1 Å². The molecule has 9 rings (SSSR count). The zero-order chi connectivity index (χ0) is 30.8. The second-order valence-corrected chi connectivity index (χ2v) is 11.7. The van der Waals surface area contributed by atoms with Gasteiger partial charge in [0, 0.05) is 0 Å². The molecule has 0 spiro atoms. The van der Waals surface area contributed by atoms with Gasteiger partial charge in [0.05, 0.1) is 0 Å². The van der Waals surface area contributed by atoms with E-state index in [4.69, 9.17) is 9.47 Å². The predicted molar refractivity (Wildman–Crippen MR) is 183 cm³/mol. The van der Waals surface area contributed by atoms with E-state index in [2.05, 4.69) is 102 Å². The third-order valence-corrected chi connectivity index (χ3v) is 9.12. The molecular weight excluding hydrogens is 570 g/mol. The highest BCUT2D eigenvalue weighted by atomic mass is 16.5. The Morgan fingerprint density at radius 2 is 0.761 bits per heavy atom. The van der Waals surface area contributed by atoms with Crippen molar-refractivity contribution in [2.24, 2.45) is 0 Å². The molecule has 0 aliphatic heterocycles. The molecule has 1 heterocycles. The Hall–Kier alpha value is -6.07. The number of esters is 2. The molecule has 0 bridgehead atoms. The number of carbonyl (C=O) groups is 2. The predicted octanol–water partition coefficient (Wildman–Crippen LogP) is 9.59. The maximum atomic E-state index is 13.1. The number of carbonyl (C=O) groups excluding carboxylic acids is 2. The molecule has 1 aromatic heterocycles. The Labute approximate surface area is 263 Å². The van der Waals surface area contributed by atoms with E-state index in [1.165, 1.54) is 32.3 Å². The summed E-state index contributed by atoms with van der Waals surface area (Å²) in [4.78, 5) is 30.5. The van der Waals surface area contributed by atoms with Crippen LogP contribution in [-0.4, -0.2) is 16.9 Å². The summed E-state index contributed by atoms with van der Waals surface area (Å²) in [6, 6.07) is 42.3. The van der Waals surface area contributed by atoms with Gasteiger partial charge in [-0.25, -0.2) is 14.6 Å². The summed E-state index contributed by atoms with van der Waals surface area (Å²) in [5.41, 5.74) is 1.91. The molecule has 0 fully saturated rings. The third kappa shape index (κ3) is 4.13. The summed E-state index contributed by atoms with van der Waals surface area (Å²) in [6.07, 6.45) is 0. The van der Waals surface area contributed by atoms with Crippen molar-refractivity contribution in [3.8, 4) is 0 Å². The van der Waals surface area contributed by atoms with E-state index >= 15 is 0 Å². The first-order valence-electron chi connectivity index (χ1n) is 15.2. The van der Waals surface area contributed by atoms with Crippen LogP contribution in [0.25, 0.3) is 64.6 Å². The quantitative estimate of drug-likeness (QED) is 0.141. The molecule has 0 atom stereocenters. The Kier molecular flexibility index (Phi) is 5.87. The first kappa shape index (κ1) is 26.3. The van der Waals surface area contributed by atoms with Crippen molar-refractivity contribution in [1.82, 2.24) is 4.98 Å². The number of pyridine rings is 1. The van der Waals surface area contributed by atoms with Gasteiger partial charge in [0.15, 0.2) is 0 Å². The lowest BCUT2D eigenvalue weighted by molar-refractivity contribution is 0.0458. The van der Waals surface area contributed by atoms with Gasteiger partial charge in [0.1, 0.15) is 24.6 Å². The lowest BCUT2D eigenvalue weighted by Gasteiger charge is -2.14. The number of rotatable bonds is 6. The number of benzene rings is 8. The zero-order valence-electron chi connectivity index (χ0n) is 24.6. The monoisotopic (exact) mass is 595 g/mol. The second-order valence-electron chi connectivity index (χ2n) is 11.7. The van der Waals surface area contributed by atoms with Crippen molar-refractivity contribution in [3.63, 3.8) is 0 Å². The summed E-state index contributed by atoms with van der Waals surface area (Å²) in [7, 11) is 0. The Balaban J connectivity index is 0.940. The van der Waals surface area contributed by atoms with E-state index in [0.29, 0.717) is 0 Å². The standard InChI is InChI=1S/C41H25NO4/c43-40(45-22-30-16-14-28-12-10-24-4-1-6-26-18-20-32(30)38(28)36(24)26)34-8-3-9-35(42-34)41(44)46-23-31-17-15-29-13-11-25-5-2-7-27-19-21-33(31)39(29)37(25)27/h1-21H,22-23H2. The average molecular weight is 596 g/mol. The van der Waals surface area contributed by atoms with E-state index in [0.717, 1.165) is 43.4 Å². The van der Waals surface area contributed by atoms with Crippen LogP contribution in [0.3, 0.4) is 0 Å². The fraction of sp³-hybridized carbons (Fsp3) is 0.0488. The van der Waals surface area contributed by atoms with Crippen molar-refractivity contribution in [2.45, 2.75) is 13.2 Å². The molecule has 9 aromatic rings. The fourth-order valence-corrected chi connectivity index (χ4v) is 6.94. The van der Waals surface area contributed by atoms with Gasteiger partial charge in [0.25, 0.3) is 0 Å². The van der Waals surface area contributed by atoms with Gasteiger partial charge in [-0.15, -0.1) is 0 Å². The highest BCUT2D eigenvalue weighted by Gasteiger charge is 2.18.